The number of alkyl halides is 1. The quantitative estimate of drug-likeness (QED) is 0.312. The van der Waals surface area contributed by atoms with Crippen molar-refractivity contribution in [2.24, 2.45) is 0 Å². The lowest BCUT2D eigenvalue weighted by molar-refractivity contribution is 0.107. The fourth-order valence-electron chi connectivity index (χ4n) is 7.26. The number of nitrogens with one attached hydrogen (secondary N) is 2. The van der Waals surface area contributed by atoms with Crippen LogP contribution in [0.4, 0.5) is 21.0 Å². The van der Waals surface area contributed by atoms with Gasteiger partial charge >= 0.3 is 6.01 Å². The molecule has 4 aliphatic heterocycles. The Labute approximate surface area is 235 Å². The third-order valence-electron chi connectivity index (χ3n) is 9.05. The molecule has 4 aromatic rings. The van der Waals surface area contributed by atoms with Gasteiger partial charge in [-0.05, 0) is 43.7 Å². The first-order chi connectivity index (χ1) is 19.5. The molecular weight excluding hydrogens is 529 g/mol. The van der Waals surface area contributed by atoms with Crippen LogP contribution in [0.25, 0.3) is 21.1 Å². The van der Waals surface area contributed by atoms with E-state index in [2.05, 4.69) is 20.4 Å². The number of phenolic OH excluding ortho intramolecular Hbond substituents is 1. The van der Waals surface area contributed by atoms with Gasteiger partial charge in [-0.2, -0.15) is 9.97 Å². The predicted octanol–water partition coefficient (Wildman–Crippen LogP) is 4.58. The molecule has 2 unspecified atom stereocenters. The minimum Gasteiger partial charge on any atom is -0.508 e. The number of benzene rings is 2. The predicted molar refractivity (Wildman–Crippen MR) is 155 cm³/mol. The number of hydrogen-bond acceptors (Lipinski definition) is 10. The SMILES string of the molecule is Oc1cc(Nc2nc3c(N4CC5CCC(C4)N5)nc(OC[C@@]45CCCN4C[C@H](F)C5)nc3s2)c2ccccc2c1. The molecule has 9 nitrogen and oxygen atoms in total. The summed E-state index contributed by atoms with van der Waals surface area (Å²) in [7, 11) is 0. The normalized spacial score (nSPS) is 28.0. The van der Waals surface area contributed by atoms with Crippen molar-refractivity contribution < 1.29 is 14.2 Å². The zero-order valence-corrected chi connectivity index (χ0v) is 23.0. The summed E-state index contributed by atoms with van der Waals surface area (Å²) in [5.41, 5.74) is 1.27. The lowest BCUT2D eigenvalue weighted by Gasteiger charge is -2.34. The minimum atomic E-state index is -0.803. The van der Waals surface area contributed by atoms with E-state index >= 15 is 0 Å². The number of hydrogen-bond donors (Lipinski definition) is 3. The minimum absolute atomic E-state index is 0.192. The summed E-state index contributed by atoms with van der Waals surface area (Å²) < 4.78 is 20.6. The molecule has 3 N–H and O–H groups in total. The van der Waals surface area contributed by atoms with E-state index in [1.165, 1.54) is 11.3 Å². The molecule has 40 heavy (non-hydrogen) atoms. The molecule has 6 heterocycles. The third kappa shape index (κ3) is 4.22. The van der Waals surface area contributed by atoms with Crippen LogP contribution in [0.15, 0.2) is 36.4 Å². The highest BCUT2D eigenvalue weighted by Gasteiger charge is 2.49. The van der Waals surface area contributed by atoms with E-state index in [1.807, 2.05) is 24.3 Å². The monoisotopic (exact) mass is 561 g/mol. The van der Waals surface area contributed by atoms with Crippen LogP contribution in [0.1, 0.15) is 32.1 Å². The summed E-state index contributed by atoms with van der Waals surface area (Å²) in [6.07, 6.45) is 4.04. The van der Waals surface area contributed by atoms with E-state index in [9.17, 15) is 9.50 Å². The summed E-state index contributed by atoms with van der Waals surface area (Å²) in [4.78, 5) is 20.0. The third-order valence-corrected chi connectivity index (χ3v) is 9.92. The first-order valence-corrected chi connectivity index (χ1v) is 15.0. The van der Waals surface area contributed by atoms with Gasteiger partial charge in [-0.3, -0.25) is 4.90 Å². The van der Waals surface area contributed by atoms with Crippen LogP contribution < -0.4 is 20.3 Å². The largest absolute Gasteiger partial charge is 0.508 e. The summed E-state index contributed by atoms with van der Waals surface area (Å²) in [5, 5.41) is 20.1. The molecule has 0 radical (unpaired) electrons. The van der Waals surface area contributed by atoms with Crippen molar-refractivity contribution in [1.29, 1.82) is 0 Å². The number of nitrogens with zero attached hydrogens (tertiary/aromatic N) is 5. The topological polar surface area (TPSA) is 98.7 Å². The van der Waals surface area contributed by atoms with Crippen LogP contribution in [0.2, 0.25) is 0 Å². The number of ether oxygens (including phenoxy) is 1. The van der Waals surface area contributed by atoms with Crippen LogP contribution in [0, 0.1) is 0 Å². The van der Waals surface area contributed by atoms with Gasteiger partial charge in [0.05, 0.1) is 11.2 Å². The van der Waals surface area contributed by atoms with Crippen molar-refractivity contribution in [3.05, 3.63) is 36.4 Å². The Bertz CT molecular complexity index is 1590. The molecule has 4 fully saturated rings. The highest BCUT2D eigenvalue weighted by molar-refractivity contribution is 7.22. The van der Waals surface area contributed by atoms with Gasteiger partial charge in [0.15, 0.2) is 15.8 Å². The van der Waals surface area contributed by atoms with Gasteiger partial charge in [0.1, 0.15) is 24.0 Å². The van der Waals surface area contributed by atoms with Crippen LogP contribution in [-0.4, -0.2) is 81.5 Å². The number of halogens is 1. The number of rotatable bonds is 6. The van der Waals surface area contributed by atoms with Crippen molar-refractivity contribution in [3.63, 3.8) is 0 Å². The second-order valence-electron chi connectivity index (χ2n) is 11.7. The van der Waals surface area contributed by atoms with Crippen molar-refractivity contribution in [1.82, 2.24) is 25.2 Å². The average Bonchev–Trinajstić information content (AvgIpc) is 3.68. The summed E-state index contributed by atoms with van der Waals surface area (Å²) in [6, 6.07) is 12.6. The number of phenols is 1. The molecule has 2 aromatic carbocycles. The van der Waals surface area contributed by atoms with Crippen molar-refractivity contribution in [2.75, 3.05) is 43.0 Å². The maximum atomic E-state index is 14.3. The zero-order chi connectivity index (χ0) is 26.8. The Morgan fingerprint density at radius 1 is 1.12 bits per heavy atom. The molecule has 4 atom stereocenters. The molecule has 0 saturated carbocycles. The van der Waals surface area contributed by atoms with Crippen molar-refractivity contribution >= 4 is 49.1 Å². The van der Waals surface area contributed by atoms with Gasteiger partial charge in [-0.15, -0.1) is 0 Å². The summed E-state index contributed by atoms with van der Waals surface area (Å²) in [6.45, 7) is 3.53. The van der Waals surface area contributed by atoms with Crippen molar-refractivity contribution in [3.8, 4) is 11.8 Å². The fourth-order valence-corrected chi connectivity index (χ4v) is 8.10. The van der Waals surface area contributed by atoms with Gasteiger partial charge in [0, 0.05) is 49.6 Å². The van der Waals surface area contributed by atoms with Gasteiger partial charge < -0.3 is 25.4 Å². The van der Waals surface area contributed by atoms with E-state index in [4.69, 9.17) is 19.7 Å². The lowest BCUT2D eigenvalue weighted by atomic mass is 9.95. The van der Waals surface area contributed by atoms with E-state index in [-0.39, 0.29) is 11.3 Å². The van der Waals surface area contributed by atoms with Crippen LogP contribution in [0.5, 0.6) is 11.8 Å². The molecule has 0 spiro atoms. The Balaban J connectivity index is 1.15. The number of anilines is 3. The summed E-state index contributed by atoms with van der Waals surface area (Å²) in [5.74, 6) is 0.983. The van der Waals surface area contributed by atoms with E-state index in [0.29, 0.717) is 42.8 Å². The highest BCUT2D eigenvalue weighted by Crippen LogP contribution is 2.41. The Morgan fingerprint density at radius 2 is 1.98 bits per heavy atom. The van der Waals surface area contributed by atoms with Crippen molar-refractivity contribution in [2.45, 2.75) is 55.9 Å². The van der Waals surface area contributed by atoms with Gasteiger partial charge in [-0.1, -0.05) is 35.6 Å². The highest BCUT2D eigenvalue weighted by atomic mass is 32.1. The molecule has 2 bridgehead atoms. The maximum Gasteiger partial charge on any atom is 0.319 e. The first-order valence-electron chi connectivity index (χ1n) is 14.2. The van der Waals surface area contributed by atoms with Gasteiger partial charge in [0.2, 0.25) is 0 Å². The van der Waals surface area contributed by atoms with E-state index in [1.54, 1.807) is 12.1 Å². The summed E-state index contributed by atoms with van der Waals surface area (Å²) >= 11 is 1.44. The molecule has 208 valence electrons. The molecule has 0 aliphatic carbocycles. The number of piperazine rings is 1. The van der Waals surface area contributed by atoms with Crippen LogP contribution in [0.3, 0.4) is 0 Å². The molecule has 11 heteroatoms. The smallest absolute Gasteiger partial charge is 0.319 e. The molecule has 8 rings (SSSR count). The zero-order valence-electron chi connectivity index (χ0n) is 22.1. The maximum absolute atomic E-state index is 14.3. The van der Waals surface area contributed by atoms with Gasteiger partial charge in [-0.25, -0.2) is 9.37 Å². The van der Waals surface area contributed by atoms with E-state index < -0.39 is 6.17 Å². The first kappa shape index (κ1) is 24.5. The molecule has 4 aliphatic rings. The number of aromatic hydroxyl groups is 1. The molecular formula is C29H32FN7O2S. The molecule has 4 saturated heterocycles. The number of fused-ring (bicyclic) bond motifs is 5. The molecule has 2 aromatic heterocycles. The van der Waals surface area contributed by atoms with E-state index in [0.717, 1.165) is 77.9 Å². The fraction of sp³-hybridized carbons (Fsp3) is 0.483. The molecule has 0 amide bonds. The average molecular weight is 562 g/mol. The standard InChI is InChI=1S/C29H32FN7O2S/c30-18-12-29(8-3-9-37(29)13-18)16-39-27-34-25(36-14-19-6-7-20(15-36)31-19)24-26(35-27)40-28(33-24)32-23-11-21(38)10-17-4-1-2-5-22(17)23/h1-2,4-5,10-11,18-20,31,38H,3,6-9,12-16H2,(H,32,33)/t18-,19?,20?,29+/m1/s1. The van der Waals surface area contributed by atoms with Crippen LogP contribution in [-0.2, 0) is 0 Å². The number of thiazole rings is 1. The second-order valence-corrected chi connectivity index (χ2v) is 12.7. The lowest BCUT2D eigenvalue weighted by Crippen LogP contribution is -2.51. The Hall–Kier alpha value is -3.28. The Morgan fingerprint density at radius 3 is 2.85 bits per heavy atom. The number of aromatic nitrogens is 3. The second kappa shape index (κ2) is 9.39. The Kier molecular flexibility index (Phi) is 5.75. The van der Waals surface area contributed by atoms with Gasteiger partial charge in [0.25, 0.3) is 0 Å². The van der Waals surface area contributed by atoms with Crippen LogP contribution >= 0.6 is 11.3 Å².